The number of carboxylic acids is 1. The van der Waals surface area contributed by atoms with Crippen LogP contribution in [0.4, 0.5) is 0 Å². The minimum atomic E-state index is -1.51. The number of benzene rings is 1. The van der Waals surface area contributed by atoms with E-state index in [0.29, 0.717) is 0 Å². The third-order valence-electron chi connectivity index (χ3n) is 3.55. The number of amides is 2. The number of nitrogens with one attached hydrogen (secondary N) is 2. The molecule has 2 rings (SSSR count). The van der Waals surface area contributed by atoms with Gasteiger partial charge in [-0.15, -0.1) is 0 Å². The Kier molecular flexibility index (Phi) is 5.83. The summed E-state index contributed by atoms with van der Waals surface area (Å²) in [5.74, 6) is -3.59. The number of methoxy groups -OCH3 is 1. The van der Waals surface area contributed by atoms with Crippen LogP contribution in [0.25, 0.3) is 0 Å². The molecule has 0 spiro atoms. The molecule has 0 saturated heterocycles. The van der Waals surface area contributed by atoms with Gasteiger partial charge in [-0.25, -0.2) is 9.59 Å². The first-order chi connectivity index (χ1) is 11.9. The molecule has 0 aromatic heterocycles. The third kappa shape index (κ3) is 4.63. The molecule has 25 heavy (non-hydrogen) atoms. The van der Waals surface area contributed by atoms with Gasteiger partial charge >= 0.3 is 11.9 Å². The lowest BCUT2D eigenvalue weighted by Crippen LogP contribution is -2.56. The standard InChI is InChI=1S/C16H17N3O6/c1-25-16(24)12(10-8-17-14(21)13(18-10)15(22)23)19-11(20)7-9-5-3-2-4-6-9/h2-6,10,12H,7-8H2,1H3,(H,17,21)(H,19,20)(H,22,23)/t10-,12?/m1/s1. The smallest absolute Gasteiger partial charge is 0.359 e. The molecule has 1 aliphatic rings. The molecule has 2 atom stereocenters. The Morgan fingerprint density at radius 3 is 2.64 bits per heavy atom. The van der Waals surface area contributed by atoms with Crippen molar-refractivity contribution in [3.63, 3.8) is 0 Å². The summed E-state index contributed by atoms with van der Waals surface area (Å²) < 4.78 is 4.66. The number of rotatable bonds is 6. The van der Waals surface area contributed by atoms with E-state index in [0.717, 1.165) is 12.7 Å². The van der Waals surface area contributed by atoms with E-state index in [9.17, 15) is 19.2 Å². The van der Waals surface area contributed by atoms with Crippen molar-refractivity contribution in [1.29, 1.82) is 0 Å². The number of nitrogens with zero attached hydrogens (tertiary/aromatic N) is 1. The Bertz CT molecular complexity index is 716. The quantitative estimate of drug-likeness (QED) is 0.560. The lowest BCUT2D eigenvalue weighted by atomic mass is 10.1. The van der Waals surface area contributed by atoms with Gasteiger partial charge in [0.15, 0.2) is 6.04 Å². The summed E-state index contributed by atoms with van der Waals surface area (Å²) in [6.45, 7) is -0.0962. The van der Waals surface area contributed by atoms with Gasteiger partial charge in [0, 0.05) is 6.54 Å². The van der Waals surface area contributed by atoms with Gasteiger partial charge in [-0.3, -0.25) is 14.6 Å². The maximum atomic E-state index is 12.2. The predicted octanol–water partition coefficient (Wildman–Crippen LogP) is -1.09. The summed E-state index contributed by atoms with van der Waals surface area (Å²) in [4.78, 5) is 50.5. The fourth-order valence-electron chi connectivity index (χ4n) is 2.34. The molecule has 132 valence electrons. The maximum Gasteiger partial charge on any atom is 0.359 e. The second-order valence-corrected chi connectivity index (χ2v) is 5.29. The monoisotopic (exact) mass is 347 g/mol. The topological polar surface area (TPSA) is 134 Å². The Hall–Kier alpha value is -3.23. The first kappa shape index (κ1) is 18.1. The van der Waals surface area contributed by atoms with E-state index >= 15 is 0 Å². The second-order valence-electron chi connectivity index (χ2n) is 5.29. The average Bonchev–Trinajstić information content (AvgIpc) is 2.60. The molecular weight excluding hydrogens is 330 g/mol. The molecule has 9 nitrogen and oxygen atoms in total. The molecule has 1 aromatic rings. The van der Waals surface area contributed by atoms with Crippen LogP contribution in [0.15, 0.2) is 35.3 Å². The predicted molar refractivity (Wildman–Crippen MR) is 86.0 cm³/mol. The van der Waals surface area contributed by atoms with Crippen LogP contribution in [-0.4, -0.2) is 60.3 Å². The highest BCUT2D eigenvalue weighted by Gasteiger charge is 2.36. The first-order valence-electron chi connectivity index (χ1n) is 7.42. The molecule has 1 unspecified atom stereocenters. The van der Waals surface area contributed by atoms with E-state index < -0.39 is 41.5 Å². The van der Waals surface area contributed by atoms with Crippen LogP contribution in [0.5, 0.6) is 0 Å². The lowest BCUT2D eigenvalue weighted by Gasteiger charge is -2.26. The molecule has 3 N–H and O–H groups in total. The molecule has 1 aromatic carbocycles. The molecule has 2 amide bonds. The van der Waals surface area contributed by atoms with Gasteiger partial charge in [0.05, 0.1) is 19.6 Å². The highest BCUT2D eigenvalue weighted by Crippen LogP contribution is 2.08. The van der Waals surface area contributed by atoms with Crippen LogP contribution < -0.4 is 10.6 Å². The van der Waals surface area contributed by atoms with Crippen molar-refractivity contribution in [2.45, 2.75) is 18.5 Å². The van der Waals surface area contributed by atoms with E-state index in [1.54, 1.807) is 24.3 Å². The highest BCUT2D eigenvalue weighted by molar-refractivity contribution is 6.63. The number of esters is 1. The normalized spacial score (nSPS) is 17.7. The Balaban J connectivity index is 2.16. The number of carboxylic acid groups (broad SMARTS) is 1. The Morgan fingerprint density at radius 2 is 2.04 bits per heavy atom. The summed E-state index contributed by atoms with van der Waals surface area (Å²) >= 11 is 0. The van der Waals surface area contributed by atoms with Gasteiger partial charge < -0.3 is 20.5 Å². The fourth-order valence-corrected chi connectivity index (χ4v) is 2.34. The van der Waals surface area contributed by atoms with E-state index in [-0.39, 0.29) is 13.0 Å². The Morgan fingerprint density at radius 1 is 1.36 bits per heavy atom. The van der Waals surface area contributed by atoms with Gasteiger partial charge in [-0.2, -0.15) is 0 Å². The van der Waals surface area contributed by atoms with Crippen molar-refractivity contribution < 1.29 is 29.0 Å². The number of hydrogen-bond acceptors (Lipinski definition) is 6. The van der Waals surface area contributed by atoms with Gasteiger partial charge in [0.25, 0.3) is 5.91 Å². The third-order valence-corrected chi connectivity index (χ3v) is 3.55. The molecule has 0 radical (unpaired) electrons. The zero-order chi connectivity index (χ0) is 18.4. The molecule has 0 aliphatic carbocycles. The maximum absolute atomic E-state index is 12.2. The van der Waals surface area contributed by atoms with Gasteiger partial charge in [0.2, 0.25) is 11.6 Å². The van der Waals surface area contributed by atoms with Crippen LogP contribution in [0.1, 0.15) is 5.56 Å². The van der Waals surface area contributed by atoms with Gasteiger partial charge in [-0.1, -0.05) is 30.3 Å². The van der Waals surface area contributed by atoms with Gasteiger partial charge in [-0.05, 0) is 5.56 Å². The fraction of sp³-hybridized carbons (Fsp3) is 0.312. The number of hydrogen-bond donors (Lipinski definition) is 3. The number of carbonyl (C=O) groups excluding carboxylic acids is 3. The lowest BCUT2D eigenvalue weighted by molar-refractivity contribution is -0.145. The zero-order valence-electron chi connectivity index (χ0n) is 13.4. The zero-order valence-corrected chi connectivity index (χ0v) is 13.4. The summed E-state index contributed by atoms with van der Waals surface area (Å²) in [5.41, 5.74) is 0.0257. The number of aliphatic carboxylic acids is 1. The second kappa shape index (κ2) is 8.04. The number of ether oxygens (including phenoxy) is 1. The van der Waals surface area contributed by atoms with Crippen molar-refractivity contribution in [2.24, 2.45) is 4.99 Å². The summed E-state index contributed by atoms with van der Waals surface area (Å²) in [5, 5.41) is 13.8. The van der Waals surface area contributed by atoms with Crippen LogP contribution >= 0.6 is 0 Å². The molecule has 1 aliphatic heterocycles. The number of carbonyl (C=O) groups is 4. The average molecular weight is 347 g/mol. The number of aliphatic imine (C=N–C) groups is 1. The minimum absolute atomic E-state index is 0.0307. The molecule has 0 fully saturated rings. The largest absolute Gasteiger partial charge is 0.476 e. The van der Waals surface area contributed by atoms with Crippen LogP contribution in [0.2, 0.25) is 0 Å². The van der Waals surface area contributed by atoms with Crippen molar-refractivity contribution in [1.82, 2.24) is 10.6 Å². The molecule has 0 saturated carbocycles. The Labute approximate surface area is 143 Å². The van der Waals surface area contributed by atoms with E-state index in [4.69, 9.17) is 5.11 Å². The van der Waals surface area contributed by atoms with Crippen molar-refractivity contribution in [3.05, 3.63) is 35.9 Å². The minimum Gasteiger partial charge on any atom is -0.476 e. The van der Waals surface area contributed by atoms with Crippen molar-refractivity contribution in [2.75, 3.05) is 13.7 Å². The van der Waals surface area contributed by atoms with Crippen LogP contribution in [0.3, 0.4) is 0 Å². The van der Waals surface area contributed by atoms with E-state index in [1.165, 1.54) is 0 Å². The molecule has 9 heteroatoms. The summed E-state index contributed by atoms with van der Waals surface area (Å²) in [6, 6.07) is 6.70. The summed E-state index contributed by atoms with van der Waals surface area (Å²) in [6.07, 6.45) is 0.0307. The van der Waals surface area contributed by atoms with E-state index in [2.05, 4.69) is 20.4 Å². The van der Waals surface area contributed by atoms with Crippen LogP contribution in [0, 0.1) is 0 Å². The SMILES string of the molecule is COC(=O)C(NC(=O)Cc1ccccc1)[C@H]1CNC(=O)C(C(=O)O)=N1. The molecule has 1 heterocycles. The van der Waals surface area contributed by atoms with E-state index in [1.807, 2.05) is 6.07 Å². The molecular formula is C16H17N3O6. The van der Waals surface area contributed by atoms with Crippen LogP contribution in [-0.2, 0) is 30.3 Å². The first-order valence-corrected chi connectivity index (χ1v) is 7.42. The summed E-state index contributed by atoms with van der Waals surface area (Å²) in [7, 11) is 1.14. The van der Waals surface area contributed by atoms with Crippen molar-refractivity contribution in [3.8, 4) is 0 Å². The highest BCUT2D eigenvalue weighted by atomic mass is 16.5. The van der Waals surface area contributed by atoms with Gasteiger partial charge in [0.1, 0.15) is 0 Å². The molecule has 0 bridgehead atoms. The van der Waals surface area contributed by atoms with Crippen molar-refractivity contribution >= 4 is 29.5 Å².